The first-order valence-corrected chi connectivity index (χ1v) is 9.67. The van der Waals surface area contributed by atoms with Crippen LogP contribution in [0.3, 0.4) is 0 Å². The van der Waals surface area contributed by atoms with Crippen molar-refractivity contribution in [3.63, 3.8) is 0 Å². The van der Waals surface area contributed by atoms with Crippen molar-refractivity contribution >= 4 is 28.6 Å². The Morgan fingerprint density at radius 1 is 1.14 bits per heavy atom. The molecule has 0 radical (unpaired) electrons. The van der Waals surface area contributed by atoms with Crippen LogP contribution < -0.4 is 0 Å². The van der Waals surface area contributed by atoms with E-state index in [1.54, 1.807) is 0 Å². The van der Waals surface area contributed by atoms with Crippen LogP contribution >= 0.6 is 28.6 Å². The maximum atomic E-state index is 5.98. The van der Waals surface area contributed by atoms with Gasteiger partial charge in [-0.3, -0.25) is 9.88 Å². The fourth-order valence-electron chi connectivity index (χ4n) is 3.42. The fourth-order valence-corrected chi connectivity index (χ4v) is 3.54. The fraction of sp³-hybridized carbons (Fsp3) is 0.333. The molecule has 1 aliphatic rings. The van der Waals surface area contributed by atoms with Crippen molar-refractivity contribution in [3.8, 4) is 5.69 Å². The van der Waals surface area contributed by atoms with E-state index < -0.39 is 0 Å². The number of ether oxygens (including phenoxy) is 1. The zero-order valence-electron chi connectivity index (χ0n) is 15.6. The Bertz CT molecular complexity index is 850. The highest BCUT2D eigenvalue weighted by atomic mass is 79.9. The second kappa shape index (κ2) is 10.2. The number of hydrogen-bond donors (Lipinski definition) is 0. The average molecular weight is 464 g/mol. The lowest BCUT2D eigenvalue weighted by Crippen LogP contribution is -2.31. The van der Waals surface area contributed by atoms with E-state index in [-0.39, 0.29) is 17.0 Å². The van der Waals surface area contributed by atoms with Crippen molar-refractivity contribution in [2.45, 2.75) is 32.0 Å². The predicted octanol–water partition coefficient (Wildman–Crippen LogP) is 4.68. The molecule has 1 aliphatic heterocycles. The Balaban J connectivity index is 0.00000225. The Kier molecular flexibility index (Phi) is 7.62. The number of halogens is 2. The second-order valence-corrected chi connectivity index (χ2v) is 7.33. The highest BCUT2D eigenvalue weighted by Gasteiger charge is 2.20. The highest BCUT2D eigenvalue weighted by molar-refractivity contribution is 8.93. The van der Waals surface area contributed by atoms with Crippen LogP contribution in [0.5, 0.6) is 0 Å². The molecule has 0 spiro atoms. The molecule has 1 aromatic carbocycles. The van der Waals surface area contributed by atoms with Gasteiger partial charge in [0.05, 0.1) is 23.7 Å². The number of hydrogen-bond acceptors (Lipinski definition) is 4. The third-order valence-corrected chi connectivity index (χ3v) is 4.98. The van der Waals surface area contributed by atoms with Gasteiger partial charge in [0, 0.05) is 49.2 Å². The zero-order chi connectivity index (χ0) is 18.5. The molecule has 1 unspecified atom stereocenters. The third kappa shape index (κ3) is 5.64. The van der Waals surface area contributed by atoms with E-state index in [1.807, 2.05) is 53.5 Å². The summed E-state index contributed by atoms with van der Waals surface area (Å²) in [6, 6.07) is 13.7. The van der Waals surface area contributed by atoms with Crippen LogP contribution in [0.2, 0.25) is 5.02 Å². The first-order valence-electron chi connectivity index (χ1n) is 9.29. The van der Waals surface area contributed by atoms with Gasteiger partial charge in [0.2, 0.25) is 0 Å². The maximum absolute atomic E-state index is 5.98. The van der Waals surface area contributed by atoms with Gasteiger partial charge in [-0.1, -0.05) is 17.7 Å². The molecule has 0 bridgehead atoms. The van der Waals surface area contributed by atoms with Crippen molar-refractivity contribution in [2.24, 2.45) is 0 Å². The molecule has 4 rings (SSSR count). The standard InChI is InChI=1S/C21H23ClN4O.BrH/c22-18-6-8-20(9-7-18)26-14-17(12-24-26)13-25(16-21-5-3-11-27-21)15-19-4-1-2-10-23-19;/h1-2,4,6-10,12,14,21H,3,5,11,13,15-16H2;1H. The van der Waals surface area contributed by atoms with E-state index in [2.05, 4.69) is 27.2 Å². The lowest BCUT2D eigenvalue weighted by atomic mass is 10.2. The molecule has 1 fully saturated rings. The van der Waals surface area contributed by atoms with E-state index in [0.717, 1.165) is 55.5 Å². The van der Waals surface area contributed by atoms with Crippen LogP contribution in [0.1, 0.15) is 24.1 Å². The number of benzene rings is 1. The van der Waals surface area contributed by atoms with Crippen LogP contribution in [0.15, 0.2) is 61.1 Å². The van der Waals surface area contributed by atoms with Gasteiger partial charge in [0.15, 0.2) is 0 Å². The Hall–Kier alpha value is -1.73. The second-order valence-electron chi connectivity index (χ2n) is 6.90. The van der Waals surface area contributed by atoms with Crippen LogP contribution in [0, 0.1) is 0 Å². The van der Waals surface area contributed by atoms with E-state index in [0.29, 0.717) is 6.10 Å². The lowest BCUT2D eigenvalue weighted by molar-refractivity contribution is 0.0675. The van der Waals surface area contributed by atoms with E-state index in [4.69, 9.17) is 16.3 Å². The topological polar surface area (TPSA) is 43.2 Å². The molecule has 0 N–H and O–H groups in total. The number of aromatic nitrogens is 3. The maximum Gasteiger partial charge on any atom is 0.0703 e. The minimum Gasteiger partial charge on any atom is -0.377 e. The Morgan fingerprint density at radius 3 is 2.71 bits per heavy atom. The molecule has 1 saturated heterocycles. The highest BCUT2D eigenvalue weighted by Crippen LogP contribution is 2.18. The van der Waals surface area contributed by atoms with Gasteiger partial charge >= 0.3 is 0 Å². The summed E-state index contributed by atoms with van der Waals surface area (Å²) in [6.07, 6.45) is 8.43. The van der Waals surface area contributed by atoms with Crippen molar-refractivity contribution in [1.29, 1.82) is 0 Å². The van der Waals surface area contributed by atoms with Gasteiger partial charge in [0.1, 0.15) is 0 Å². The molecule has 28 heavy (non-hydrogen) atoms. The average Bonchev–Trinajstić information content (AvgIpc) is 3.35. The molecular formula is C21H24BrClN4O. The summed E-state index contributed by atoms with van der Waals surface area (Å²) in [7, 11) is 0. The summed E-state index contributed by atoms with van der Waals surface area (Å²) in [5.74, 6) is 0. The molecule has 0 saturated carbocycles. The lowest BCUT2D eigenvalue weighted by Gasteiger charge is -2.24. The normalized spacial score (nSPS) is 16.3. The summed E-state index contributed by atoms with van der Waals surface area (Å²) in [5, 5.41) is 5.23. The predicted molar refractivity (Wildman–Crippen MR) is 116 cm³/mol. The summed E-state index contributed by atoms with van der Waals surface area (Å²) >= 11 is 5.98. The molecule has 2 aromatic heterocycles. The van der Waals surface area contributed by atoms with E-state index >= 15 is 0 Å². The van der Waals surface area contributed by atoms with Gasteiger partial charge in [0.25, 0.3) is 0 Å². The van der Waals surface area contributed by atoms with Crippen LogP contribution in [-0.4, -0.2) is 38.9 Å². The number of nitrogens with zero attached hydrogens (tertiary/aromatic N) is 4. The molecule has 1 atom stereocenters. The van der Waals surface area contributed by atoms with Gasteiger partial charge in [-0.25, -0.2) is 4.68 Å². The van der Waals surface area contributed by atoms with E-state index in [9.17, 15) is 0 Å². The Morgan fingerprint density at radius 2 is 2.00 bits per heavy atom. The number of rotatable bonds is 7. The molecule has 148 valence electrons. The zero-order valence-corrected chi connectivity index (χ0v) is 18.0. The summed E-state index contributed by atoms with van der Waals surface area (Å²) in [6.45, 7) is 3.39. The van der Waals surface area contributed by atoms with Gasteiger partial charge in [-0.05, 0) is 49.2 Å². The monoisotopic (exact) mass is 462 g/mol. The summed E-state index contributed by atoms with van der Waals surface area (Å²) < 4.78 is 7.73. The minimum absolute atomic E-state index is 0. The van der Waals surface area contributed by atoms with E-state index in [1.165, 1.54) is 5.56 Å². The Labute approximate surface area is 181 Å². The molecular weight excluding hydrogens is 440 g/mol. The van der Waals surface area contributed by atoms with Gasteiger partial charge < -0.3 is 4.74 Å². The molecule has 0 amide bonds. The molecule has 0 aliphatic carbocycles. The smallest absolute Gasteiger partial charge is 0.0703 e. The van der Waals surface area contributed by atoms with Crippen molar-refractivity contribution in [2.75, 3.05) is 13.2 Å². The quantitative estimate of drug-likeness (QED) is 0.510. The summed E-state index contributed by atoms with van der Waals surface area (Å²) in [5.41, 5.74) is 3.24. The van der Waals surface area contributed by atoms with Gasteiger partial charge in [-0.2, -0.15) is 5.10 Å². The first-order chi connectivity index (χ1) is 13.3. The van der Waals surface area contributed by atoms with Crippen molar-refractivity contribution in [1.82, 2.24) is 19.7 Å². The van der Waals surface area contributed by atoms with Crippen LogP contribution in [-0.2, 0) is 17.8 Å². The first kappa shape index (κ1) is 21.0. The number of pyridine rings is 1. The van der Waals surface area contributed by atoms with Crippen LogP contribution in [0.25, 0.3) is 5.69 Å². The largest absolute Gasteiger partial charge is 0.377 e. The third-order valence-electron chi connectivity index (χ3n) is 4.73. The molecule has 7 heteroatoms. The minimum atomic E-state index is 0. The van der Waals surface area contributed by atoms with Gasteiger partial charge in [-0.15, -0.1) is 17.0 Å². The SMILES string of the molecule is Br.Clc1ccc(-n2cc(CN(Cc3ccccn3)CC3CCCO3)cn2)cc1. The van der Waals surface area contributed by atoms with Crippen molar-refractivity contribution in [3.05, 3.63) is 77.3 Å². The summed E-state index contributed by atoms with van der Waals surface area (Å²) in [4.78, 5) is 6.87. The molecule has 3 aromatic rings. The van der Waals surface area contributed by atoms with Crippen molar-refractivity contribution < 1.29 is 4.74 Å². The molecule has 3 heterocycles. The molecule has 5 nitrogen and oxygen atoms in total. The van der Waals surface area contributed by atoms with Crippen LogP contribution in [0.4, 0.5) is 0 Å².